The van der Waals surface area contributed by atoms with Crippen LogP contribution in [0.1, 0.15) is 24.0 Å². The molecule has 0 bridgehead atoms. The molecule has 0 aliphatic carbocycles. The minimum Gasteiger partial charge on any atom is -0.391 e. The molecule has 1 fully saturated rings. The Morgan fingerprint density at radius 1 is 1.03 bits per heavy atom. The molecule has 1 aliphatic rings. The predicted octanol–water partition coefficient (Wildman–Crippen LogP) is 3.25. The Morgan fingerprint density at radius 2 is 1.82 bits per heavy atom. The molecule has 2 aromatic carbocycles. The van der Waals surface area contributed by atoms with Gasteiger partial charge >= 0.3 is 0 Å². The van der Waals surface area contributed by atoms with Crippen LogP contribution in [-0.4, -0.2) is 50.1 Å². The fourth-order valence-corrected chi connectivity index (χ4v) is 3.91. The second-order valence-electron chi connectivity index (χ2n) is 8.05. The van der Waals surface area contributed by atoms with Gasteiger partial charge in [-0.15, -0.1) is 0 Å². The van der Waals surface area contributed by atoms with E-state index in [2.05, 4.69) is 15.2 Å². The van der Waals surface area contributed by atoms with E-state index in [0.717, 1.165) is 17.8 Å². The van der Waals surface area contributed by atoms with E-state index in [1.807, 2.05) is 4.90 Å². The van der Waals surface area contributed by atoms with Crippen molar-refractivity contribution in [2.75, 3.05) is 19.6 Å². The van der Waals surface area contributed by atoms with Crippen molar-refractivity contribution in [3.05, 3.63) is 83.7 Å². The summed E-state index contributed by atoms with van der Waals surface area (Å²) in [5.74, 6) is -1.88. The van der Waals surface area contributed by atoms with E-state index < -0.39 is 17.2 Å². The summed E-state index contributed by atoms with van der Waals surface area (Å²) in [4.78, 5) is 11.2. The molecular weight excluding hydrogens is 435 g/mol. The van der Waals surface area contributed by atoms with Gasteiger partial charge < -0.3 is 9.94 Å². The van der Waals surface area contributed by atoms with Crippen LogP contribution in [0, 0.1) is 17.5 Å². The summed E-state index contributed by atoms with van der Waals surface area (Å²) >= 11 is 0. The lowest BCUT2D eigenvalue weighted by atomic mass is 9.91. The molecule has 1 saturated heterocycles. The average Bonchev–Trinajstić information content (AvgIpc) is 3.29. The van der Waals surface area contributed by atoms with Crippen LogP contribution >= 0.6 is 0 Å². The van der Waals surface area contributed by atoms with Crippen LogP contribution in [0.2, 0.25) is 0 Å². The Bertz CT molecular complexity index is 1100. The lowest BCUT2D eigenvalue weighted by Gasteiger charge is -2.36. The summed E-state index contributed by atoms with van der Waals surface area (Å²) in [6.45, 7) is 1.23. The van der Waals surface area contributed by atoms with Crippen molar-refractivity contribution in [1.29, 1.82) is 0 Å². The highest BCUT2D eigenvalue weighted by molar-refractivity contribution is 5.84. The largest absolute Gasteiger partial charge is 0.391 e. The van der Waals surface area contributed by atoms with Gasteiger partial charge in [-0.2, -0.15) is 5.10 Å². The molecule has 4 rings (SSSR count). The topological polar surface area (TPSA) is 75.8 Å². The molecule has 174 valence electrons. The van der Waals surface area contributed by atoms with Crippen molar-refractivity contribution in [2.24, 2.45) is 5.16 Å². The Hall–Kier alpha value is -3.24. The van der Waals surface area contributed by atoms with Crippen LogP contribution < -0.4 is 0 Å². The maximum atomic E-state index is 14.6. The number of hydrogen-bond acceptors (Lipinski definition) is 6. The second kappa shape index (κ2) is 10.1. The van der Waals surface area contributed by atoms with Crippen molar-refractivity contribution in [3.8, 4) is 0 Å². The highest BCUT2D eigenvalue weighted by Gasteiger charge is 2.36. The van der Waals surface area contributed by atoms with Crippen molar-refractivity contribution >= 4 is 5.71 Å². The Morgan fingerprint density at radius 3 is 2.52 bits per heavy atom. The van der Waals surface area contributed by atoms with E-state index in [4.69, 9.17) is 4.84 Å². The van der Waals surface area contributed by atoms with Gasteiger partial charge in [-0.3, -0.25) is 4.90 Å². The van der Waals surface area contributed by atoms with Crippen LogP contribution in [0.25, 0.3) is 0 Å². The molecule has 7 nitrogen and oxygen atoms in total. The van der Waals surface area contributed by atoms with Gasteiger partial charge in [0.25, 0.3) is 0 Å². The van der Waals surface area contributed by atoms with Crippen LogP contribution in [0.5, 0.6) is 0 Å². The number of likely N-dealkylation sites (tertiary alicyclic amines) is 1. The first-order valence-electron chi connectivity index (χ1n) is 10.6. The molecule has 3 aromatic rings. The average molecular weight is 459 g/mol. The van der Waals surface area contributed by atoms with Crippen LogP contribution in [0.3, 0.4) is 0 Å². The van der Waals surface area contributed by atoms with Crippen molar-refractivity contribution in [2.45, 2.75) is 31.6 Å². The van der Waals surface area contributed by atoms with Gasteiger partial charge in [0.1, 0.15) is 42.3 Å². The minimum absolute atomic E-state index is 0.00733. The summed E-state index contributed by atoms with van der Waals surface area (Å²) in [6.07, 6.45) is 3.93. The van der Waals surface area contributed by atoms with E-state index in [1.165, 1.54) is 29.5 Å². The molecule has 0 amide bonds. The third-order valence-corrected chi connectivity index (χ3v) is 5.61. The number of β-amino-alcohol motifs (C(OH)–C–C–N with tert-alkyl or cyclic N) is 1. The van der Waals surface area contributed by atoms with Crippen molar-refractivity contribution in [3.63, 3.8) is 0 Å². The molecule has 33 heavy (non-hydrogen) atoms. The lowest BCUT2D eigenvalue weighted by Crippen LogP contribution is -2.47. The van der Waals surface area contributed by atoms with E-state index >= 15 is 0 Å². The monoisotopic (exact) mass is 459 g/mol. The highest BCUT2D eigenvalue weighted by atomic mass is 19.1. The van der Waals surface area contributed by atoms with Crippen LogP contribution in [0.4, 0.5) is 13.2 Å². The molecular formula is C23H24F3N5O2. The third kappa shape index (κ3) is 5.77. The van der Waals surface area contributed by atoms with Gasteiger partial charge in [0, 0.05) is 49.7 Å². The standard InChI is InChI=1S/C23H24F3N5O2/c24-18-5-6-20(22(26)11-18)23(32,14-31-16-27-15-28-31)13-30-9-7-19(8-10-30)29-33-12-17-3-1-2-4-21(17)25/h1-6,11,15-16,32H,7-10,12-14H2. The van der Waals surface area contributed by atoms with Crippen LogP contribution in [0.15, 0.2) is 60.3 Å². The Labute approximate surface area is 189 Å². The first-order valence-corrected chi connectivity index (χ1v) is 10.6. The lowest BCUT2D eigenvalue weighted by molar-refractivity contribution is -0.0220. The zero-order chi connectivity index (χ0) is 23.3. The molecule has 0 radical (unpaired) electrons. The van der Waals surface area contributed by atoms with Crippen molar-refractivity contribution in [1.82, 2.24) is 19.7 Å². The fourth-order valence-electron chi connectivity index (χ4n) is 3.91. The van der Waals surface area contributed by atoms with Gasteiger partial charge in [-0.05, 0) is 12.1 Å². The molecule has 1 aliphatic heterocycles. The van der Waals surface area contributed by atoms with E-state index in [9.17, 15) is 18.3 Å². The van der Waals surface area contributed by atoms with Gasteiger partial charge in [-0.25, -0.2) is 22.8 Å². The number of oxime groups is 1. The van der Waals surface area contributed by atoms with Crippen LogP contribution in [-0.2, 0) is 23.6 Å². The van der Waals surface area contributed by atoms with Gasteiger partial charge in [0.05, 0.1) is 12.3 Å². The quantitative estimate of drug-likeness (QED) is 0.524. The van der Waals surface area contributed by atoms with E-state index in [0.29, 0.717) is 31.5 Å². The fraction of sp³-hybridized carbons (Fsp3) is 0.348. The van der Waals surface area contributed by atoms with Crippen molar-refractivity contribution < 1.29 is 23.1 Å². The zero-order valence-corrected chi connectivity index (χ0v) is 17.9. The first kappa shape index (κ1) is 22.9. The smallest absolute Gasteiger partial charge is 0.145 e. The summed E-state index contributed by atoms with van der Waals surface area (Å²) in [5.41, 5.74) is -0.400. The van der Waals surface area contributed by atoms with E-state index in [-0.39, 0.29) is 31.1 Å². The Kier molecular flexibility index (Phi) is 7.05. The zero-order valence-electron chi connectivity index (χ0n) is 17.9. The Balaban J connectivity index is 1.40. The highest BCUT2D eigenvalue weighted by Crippen LogP contribution is 2.28. The molecule has 1 aromatic heterocycles. The third-order valence-electron chi connectivity index (χ3n) is 5.61. The van der Waals surface area contributed by atoms with E-state index in [1.54, 1.807) is 18.2 Å². The SMILES string of the molecule is OC(CN1CCC(=NOCc2ccccc2F)CC1)(Cn1cncn1)c1ccc(F)cc1F. The normalized spacial score (nSPS) is 16.4. The number of rotatable bonds is 8. The molecule has 10 heteroatoms. The molecule has 0 spiro atoms. The van der Waals surface area contributed by atoms with Gasteiger partial charge in [-0.1, -0.05) is 29.4 Å². The molecule has 2 heterocycles. The number of benzene rings is 2. The minimum atomic E-state index is -1.65. The number of nitrogens with zero attached hydrogens (tertiary/aromatic N) is 5. The summed E-state index contributed by atoms with van der Waals surface area (Å²) < 4.78 is 43.1. The summed E-state index contributed by atoms with van der Waals surface area (Å²) in [5, 5.41) is 19.6. The molecule has 0 saturated carbocycles. The number of aromatic nitrogens is 3. The maximum absolute atomic E-state index is 14.6. The maximum Gasteiger partial charge on any atom is 0.145 e. The molecule has 1 unspecified atom stereocenters. The number of halogens is 3. The summed E-state index contributed by atoms with van der Waals surface area (Å²) in [7, 11) is 0. The second-order valence-corrected chi connectivity index (χ2v) is 8.05. The number of hydrogen-bond donors (Lipinski definition) is 1. The molecule has 1 atom stereocenters. The summed E-state index contributed by atoms with van der Waals surface area (Å²) in [6, 6.07) is 9.50. The van der Waals surface area contributed by atoms with Gasteiger partial charge in [0.15, 0.2) is 0 Å². The molecule has 1 N–H and O–H groups in total. The van der Waals surface area contributed by atoms with Gasteiger partial charge in [0.2, 0.25) is 0 Å². The predicted molar refractivity (Wildman–Crippen MR) is 115 cm³/mol. The first-order chi connectivity index (χ1) is 15.9. The number of piperidine rings is 1. The number of aliphatic hydroxyl groups is 1.